The fraction of sp³-hybridized carbons (Fsp3) is 0.571. The van der Waals surface area contributed by atoms with Crippen LogP contribution in [0.1, 0.15) is 18.1 Å². The maximum absolute atomic E-state index is 5.85. The van der Waals surface area contributed by atoms with Crippen molar-refractivity contribution in [2.75, 3.05) is 20.2 Å². The maximum atomic E-state index is 5.85. The highest BCUT2D eigenvalue weighted by molar-refractivity contribution is 5.40. The van der Waals surface area contributed by atoms with Gasteiger partial charge in [-0.25, -0.2) is 0 Å². The van der Waals surface area contributed by atoms with Crippen LogP contribution in [0, 0.1) is 6.92 Å². The molecule has 1 aromatic carbocycles. The molecule has 1 aliphatic rings. The van der Waals surface area contributed by atoms with Crippen LogP contribution >= 0.6 is 0 Å². The van der Waals surface area contributed by atoms with Gasteiger partial charge in [0.15, 0.2) is 0 Å². The summed E-state index contributed by atoms with van der Waals surface area (Å²) in [5, 5.41) is 3.10. The molecule has 17 heavy (non-hydrogen) atoms. The molecule has 0 radical (unpaired) electrons. The summed E-state index contributed by atoms with van der Waals surface area (Å²) in [6, 6.07) is 6.35. The highest BCUT2D eigenvalue weighted by Crippen LogP contribution is 2.29. The van der Waals surface area contributed by atoms with Gasteiger partial charge in [0, 0.05) is 13.0 Å². The number of hydrogen-bond acceptors (Lipinski definition) is 3. The van der Waals surface area contributed by atoms with Gasteiger partial charge >= 0.3 is 0 Å². The molecular formula is C14H21NO2. The number of nitrogens with one attached hydrogen (secondary N) is 1. The van der Waals surface area contributed by atoms with E-state index in [0.717, 1.165) is 18.7 Å². The second-order valence-corrected chi connectivity index (χ2v) is 4.76. The van der Waals surface area contributed by atoms with E-state index in [-0.39, 0.29) is 12.2 Å². The first-order chi connectivity index (χ1) is 8.19. The van der Waals surface area contributed by atoms with Gasteiger partial charge in [-0.1, -0.05) is 17.7 Å². The van der Waals surface area contributed by atoms with Gasteiger partial charge in [0.1, 0.15) is 11.9 Å². The van der Waals surface area contributed by atoms with Crippen LogP contribution in [0.2, 0.25) is 0 Å². The fourth-order valence-electron chi connectivity index (χ4n) is 2.16. The van der Waals surface area contributed by atoms with Crippen LogP contribution < -0.4 is 10.1 Å². The highest BCUT2D eigenvalue weighted by Gasteiger charge is 2.23. The van der Waals surface area contributed by atoms with Gasteiger partial charge in [-0.2, -0.15) is 0 Å². The molecule has 0 spiro atoms. The smallest absolute Gasteiger partial charge is 0.126 e. The van der Waals surface area contributed by atoms with Gasteiger partial charge in [0.25, 0.3) is 0 Å². The number of likely N-dealkylation sites (N-methyl/N-ethyl adjacent to an activating group) is 1. The maximum Gasteiger partial charge on any atom is 0.126 e. The number of aryl methyl sites for hydroxylation is 1. The van der Waals surface area contributed by atoms with Crippen LogP contribution in [0.3, 0.4) is 0 Å². The molecule has 1 aromatic rings. The van der Waals surface area contributed by atoms with Gasteiger partial charge in [-0.15, -0.1) is 0 Å². The Morgan fingerprint density at radius 1 is 1.53 bits per heavy atom. The molecule has 1 aliphatic heterocycles. The summed E-state index contributed by atoms with van der Waals surface area (Å²) in [5.74, 6) is 1.02. The van der Waals surface area contributed by atoms with Gasteiger partial charge in [0.05, 0.1) is 12.7 Å². The lowest BCUT2D eigenvalue weighted by Crippen LogP contribution is -2.29. The first-order valence-electron chi connectivity index (χ1n) is 6.21. The van der Waals surface area contributed by atoms with Crippen LogP contribution in [-0.2, 0) is 11.2 Å². The van der Waals surface area contributed by atoms with Gasteiger partial charge in [-0.3, -0.25) is 0 Å². The Morgan fingerprint density at radius 3 is 3.12 bits per heavy atom. The minimum Gasteiger partial charge on any atom is -0.487 e. The summed E-state index contributed by atoms with van der Waals surface area (Å²) in [7, 11) is 1.94. The van der Waals surface area contributed by atoms with Crippen LogP contribution in [0.15, 0.2) is 18.2 Å². The number of hydrogen-bond donors (Lipinski definition) is 1. The molecule has 0 aromatic heterocycles. The lowest BCUT2D eigenvalue weighted by Gasteiger charge is -2.16. The first-order valence-corrected chi connectivity index (χ1v) is 6.21. The molecule has 0 amide bonds. The Morgan fingerprint density at radius 2 is 2.35 bits per heavy atom. The predicted octanol–water partition coefficient (Wildman–Crippen LogP) is 1.92. The van der Waals surface area contributed by atoms with E-state index in [1.54, 1.807) is 0 Å². The summed E-state index contributed by atoms with van der Waals surface area (Å²) >= 11 is 0. The van der Waals surface area contributed by atoms with Gasteiger partial charge in [-0.05, 0) is 32.5 Å². The van der Waals surface area contributed by atoms with E-state index in [0.29, 0.717) is 6.61 Å². The van der Waals surface area contributed by atoms with Gasteiger partial charge < -0.3 is 14.8 Å². The largest absolute Gasteiger partial charge is 0.487 e. The summed E-state index contributed by atoms with van der Waals surface area (Å²) in [6.45, 7) is 5.72. The summed E-state index contributed by atoms with van der Waals surface area (Å²) in [5.41, 5.74) is 2.59. The monoisotopic (exact) mass is 235 g/mol. The number of rotatable bonds is 5. The summed E-state index contributed by atoms with van der Waals surface area (Å²) in [4.78, 5) is 0. The Hall–Kier alpha value is -1.06. The SMILES string of the molecule is CNCC(C)OCC1Cc2cc(C)ccc2O1. The molecular weight excluding hydrogens is 214 g/mol. The van der Waals surface area contributed by atoms with E-state index < -0.39 is 0 Å². The average Bonchev–Trinajstić information content (AvgIpc) is 2.68. The first kappa shape index (κ1) is 12.4. The molecule has 2 atom stereocenters. The number of benzene rings is 1. The van der Waals surface area contributed by atoms with Crippen LogP contribution in [-0.4, -0.2) is 32.4 Å². The predicted molar refractivity (Wildman–Crippen MR) is 68.6 cm³/mol. The lowest BCUT2D eigenvalue weighted by atomic mass is 10.1. The molecule has 2 unspecified atom stereocenters. The second-order valence-electron chi connectivity index (χ2n) is 4.76. The third-order valence-corrected chi connectivity index (χ3v) is 3.02. The van der Waals surface area contributed by atoms with E-state index in [9.17, 15) is 0 Å². The van der Waals surface area contributed by atoms with E-state index >= 15 is 0 Å². The minimum atomic E-state index is 0.172. The van der Waals surface area contributed by atoms with Crippen molar-refractivity contribution >= 4 is 0 Å². The molecule has 0 saturated carbocycles. The number of ether oxygens (including phenoxy) is 2. The Labute approximate surface area is 103 Å². The quantitative estimate of drug-likeness (QED) is 0.846. The van der Waals surface area contributed by atoms with E-state index in [1.165, 1.54) is 11.1 Å². The molecule has 0 bridgehead atoms. The van der Waals surface area contributed by atoms with Crippen molar-refractivity contribution in [1.82, 2.24) is 5.32 Å². The lowest BCUT2D eigenvalue weighted by molar-refractivity contribution is 0.0168. The van der Waals surface area contributed by atoms with Gasteiger partial charge in [0.2, 0.25) is 0 Å². The van der Waals surface area contributed by atoms with Crippen molar-refractivity contribution in [3.63, 3.8) is 0 Å². The number of fused-ring (bicyclic) bond motifs is 1. The third-order valence-electron chi connectivity index (χ3n) is 3.02. The zero-order valence-corrected chi connectivity index (χ0v) is 10.8. The third kappa shape index (κ3) is 3.20. The summed E-state index contributed by atoms with van der Waals surface area (Å²) in [6.07, 6.45) is 1.36. The fourth-order valence-corrected chi connectivity index (χ4v) is 2.16. The van der Waals surface area contributed by atoms with Crippen molar-refractivity contribution in [2.45, 2.75) is 32.5 Å². The zero-order chi connectivity index (χ0) is 12.3. The molecule has 94 valence electrons. The second kappa shape index (κ2) is 5.52. The molecule has 1 heterocycles. The molecule has 3 nitrogen and oxygen atoms in total. The standard InChI is InChI=1S/C14H21NO2/c1-10-4-5-14-12(6-10)7-13(17-14)9-16-11(2)8-15-3/h4-6,11,13,15H,7-9H2,1-3H3. The molecule has 2 rings (SSSR count). The van der Waals surface area contributed by atoms with Crippen molar-refractivity contribution < 1.29 is 9.47 Å². The normalized spacial score (nSPS) is 19.8. The van der Waals surface area contributed by atoms with Crippen LogP contribution in [0.25, 0.3) is 0 Å². The molecule has 1 N–H and O–H groups in total. The molecule has 0 saturated heterocycles. The Kier molecular flexibility index (Phi) is 4.02. The van der Waals surface area contributed by atoms with Crippen molar-refractivity contribution in [3.8, 4) is 5.75 Å². The topological polar surface area (TPSA) is 30.5 Å². The van der Waals surface area contributed by atoms with E-state index in [4.69, 9.17) is 9.47 Å². The van der Waals surface area contributed by atoms with Crippen molar-refractivity contribution in [1.29, 1.82) is 0 Å². The zero-order valence-electron chi connectivity index (χ0n) is 10.8. The van der Waals surface area contributed by atoms with Crippen molar-refractivity contribution in [3.05, 3.63) is 29.3 Å². The molecule has 3 heteroatoms. The molecule has 0 fully saturated rings. The van der Waals surface area contributed by atoms with Crippen LogP contribution in [0.5, 0.6) is 5.75 Å². The van der Waals surface area contributed by atoms with Crippen LogP contribution in [0.4, 0.5) is 0 Å². The Bertz CT molecular complexity index is 378. The van der Waals surface area contributed by atoms with E-state index in [2.05, 4.69) is 37.4 Å². The highest BCUT2D eigenvalue weighted by atomic mass is 16.5. The average molecular weight is 235 g/mol. The van der Waals surface area contributed by atoms with Crippen molar-refractivity contribution in [2.24, 2.45) is 0 Å². The summed E-state index contributed by atoms with van der Waals surface area (Å²) < 4.78 is 11.6. The van der Waals surface area contributed by atoms with E-state index in [1.807, 2.05) is 7.05 Å². The Balaban J connectivity index is 1.84. The molecule has 0 aliphatic carbocycles. The minimum absolute atomic E-state index is 0.172.